The molecule has 20 heteroatoms. The first-order chi connectivity index (χ1) is 28.1. The summed E-state index contributed by atoms with van der Waals surface area (Å²) in [4.78, 5) is 32.1. The van der Waals surface area contributed by atoms with Crippen molar-refractivity contribution in [3.05, 3.63) is 130 Å². The minimum Gasteiger partial charge on any atom is -0.478 e. The second-order valence-corrected chi connectivity index (χ2v) is 14.5. The summed E-state index contributed by atoms with van der Waals surface area (Å²) < 4.78 is 44.7. The van der Waals surface area contributed by atoms with Crippen LogP contribution in [0.4, 0.5) is 13.2 Å². The number of nitrogens with zero attached hydrogens (tertiary/aromatic N) is 10. The second-order valence-electron chi connectivity index (χ2n) is 12.8. The third kappa shape index (κ3) is 8.23. The third-order valence-corrected chi connectivity index (χ3v) is 10.9. The number of halogens is 3. The zero-order valence-electron chi connectivity index (χ0n) is 30.5. The Morgan fingerprint density at radius 3 is 1.67 bits per heavy atom. The highest BCUT2D eigenvalue weighted by Gasteiger charge is 2.49. The largest absolute Gasteiger partial charge is 0.478 e. The standard InChI is InChI=1S/C18H13FN6OS.C13H8FN3O2.C5H7N3S.CH3F/c19-11-1-3-12(4-2-11)25-15-9-20-7-14(13(15)8-22-25)16(26)23-18(5-6-18)17-24-21-10-27-17;14-8-1-3-9(4-2-8)17-12-7-15-5-11(13(18)19)10(12)6-16-17;6-5(1-2-5)4-8-7-3-9-4;1-2/h1-4,7-10H,5-6H2,(H,23,26);1-7H,(H,18,19);3H,1-2,6H2;1H3/i;;;1D. The monoisotopic (exact) mass is 813 g/mol. The molecule has 2 aromatic carbocycles. The molecule has 0 saturated heterocycles. The fourth-order valence-electron chi connectivity index (χ4n) is 5.73. The van der Waals surface area contributed by atoms with Crippen molar-refractivity contribution in [1.82, 2.24) is 55.2 Å². The van der Waals surface area contributed by atoms with Gasteiger partial charge in [0.25, 0.3) is 5.91 Å². The number of carbonyl (C=O) groups is 2. The van der Waals surface area contributed by atoms with Crippen molar-refractivity contribution in [1.29, 1.82) is 0 Å². The van der Waals surface area contributed by atoms with Gasteiger partial charge in [0.15, 0.2) is 0 Å². The summed E-state index contributed by atoms with van der Waals surface area (Å²) in [6.45, 7) is 0. The number of fused-ring (bicyclic) bond motifs is 2. The number of aromatic nitrogens is 10. The molecule has 0 radical (unpaired) electrons. The van der Waals surface area contributed by atoms with Gasteiger partial charge in [-0.25, -0.2) is 22.9 Å². The summed E-state index contributed by atoms with van der Waals surface area (Å²) in [5, 5.41) is 39.2. The molecular weight excluding hydrogens is 782 g/mol. The van der Waals surface area contributed by atoms with Crippen molar-refractivity contribution in [3.8, 4) is 11.4 Å². The number of alkyl halides is 1. The Morgan fingerprint density at radius 1 is 0.754 bits per heavy atom. The second kappa shape index (κ2) is 16.3. The van der Waals surface area contributed by atoms with E-state index in [1.54, 1.807) is 63.7 Å². The van der Waals surface area contributed by atoms with Crippen molar-refractivity contribution < 1.29 is 29.2 Å². The number of hydrogen-bond acceptors (Lipinski definition) is 13. The number of carbonyl (C=O) groups excluding carboxylic acids is 1. The molecule has 8 aromatic rings. The molecule has 2 aliphatic carbocycles. The molecule has 1 amide bonds. The number of amides is 1. The first kappa shape index (κ1) is 37.4. The van der Waals surface area contributed by atoms with Crippen LogP contribution in [0, 0.1) is 11.6 Å². The van der Waals surface area contributed by atoms with Crippen LogP contribution < -0.4 is 11.1 Å². The minimum atomic E-state index is -1.06. The van der Waals surface area contributed by atoms with Gasteiger partial charge in [0.1, 0.15) is 32.7 Å². The van der Waals surface area contributed by atoms with E-state index in [9.17, 15) is 22.8 Å². The van der Waals surface area contributed by atoms with E-state index in [0.29, 0.717) is 38.7 Å². The van der Waals surface area contributed by atoms with Crippen molar-refractivity contribution >= 4 is 56.4 Å². The quantitative estimate of drug-likeness (QED) is 0.166. The van der Waals surface area contributed by atoms with Crippen LogP contribution in [0.5, 0.6) is 0 Å². The van der Waals surface area contributed by atoms with Crippen molar-refractivity contribution in [3.63, 3.8) is 0 Å². The van der Waals surface area contributed by atoms with E-state index >= 15 is 0 Å². The maximum Gasteiger partial charge on any atom is 0.338 e. The molecule has 0 spiro atoms. The van der Waals surface area contributed by atoms with E-state index in [0.717, 1.165) is 35.7 Å². The van der Waals surface area contributed by atoms with Crippen LogP contribution in [0.15, 0.2) is 96.7 Å². The highest BCUT2D eigenvalue weighted by molar-refractivity contribution is 7.09. The van der Waals surface area contributed by atoms with E-state index in [-0.39, 0.29) is 28.6 Å². The van der Waals surface area contributed by atoms with Gasteiger partial charge >= 0.3 is 5.97 Å². The lowest BCUT2D eigenvalue weighted by Gasteiger charge is -2.14. The number of nitrogens with two attached hydrogens (primary N) is 1. The topological polar surface area (TPSA) is 205 Å². The number of benzene rings is 2. The number of aromatic carboxylic acids is 1. The van der Waals surface area contributed by atoms with Crippen LogP contribution in [0.25, 0.3) is 33.2 Å². The summed E-state index contributed by atoms with van der Waals surface area (Å²) >= 11 is 2.98. The summed E-state index contributed by atoms with van der Waals surface area (Å²) in [6.07, 6.45) is 12.9. The van der Waals surface area contributed by atoms with E-state index in [2.05, 4.69) is 45.9 Å². The average Bonchev–Trinajstić information content (AvgIpc) is 3.75. The normalized spacial score (nSPS) is 14.5. The summed E-state index contributed by atoms with van der Waals surface area (Å²) in [5.74, 6) is -1.94. The average molecular weight is 814 g/mol. The van der Waals surface area contributed by atoms with Crippen LogP contribution in [0.1, 0.15) is 57.8 Å². The first-order valence-electron chi connectivity index (χ1n) is 17.6. The molecule has 0 bridgehead atoms. The van der Waals surface area contributed by atoms with Crippen LogP contribution in [0.3, 0.4) is 0 Å². The third-order valence-electron chi connectivity index (χ3n) is 9.06. The summed E-state index contributed by atoms with van der Waals surface area (Å²) in [6, 6.07) is 11.8. The zero-order valence-corrected chi connectivity index (χ0v) is 31.2. The van der Waals surface area contributed by atoms with E-state index in [1.165, 1.54) is 65.1 Å². The number of rotatable bonds is 7. The van der Waals surface area contributed by atoms with Crippen molar-refractivity contribution in [2.24, 2.45) is 5.73 Å². The maximum atomic E-state index is 13.2. The Morgan fingerprint density at radius 2 is 1.23 bits per heavy atom. The van der Waals surface area contributed by atoms with Gasteiger partial charge in [-0.15, -0.1) is 43.1 Å². The molecule has 6 aromatic heterocycles. The van der Waals surface area contributed by atoms with Crippen molar-refractivity contribution in [2.45, 2.75) is 36.8 Å². The number of pyridine rings is 2. The van der Waals surface area contributed by atoms with Crippen molar-refractivity contribution in [2.75, 3.05) is 7.15 Å². The predicted octanol–water partition coefficient (Wildman–Crippen LogP) is 6.16. The Hall–Kier alpha value is -6.51. The van der Waals surface area contributed by atoms with Gasteiger partial charge < -0.3 is 16.2 Å². The fourth-order valence-corrected chi connectivity index (χ4v) is 7.23. The molecule has 2 saturated carbocycles. The lowest BCUT2D eigenvalue weighted by Crippen LogP contribution is -2.35. The number of carboxylic acid groups (broad SMARTS) is 1. The lowest BCUT2D eigenvalue weighted by molar-refractivity contribution is 0.0698. The molecular formula is C37H31F3N12O3S2. The van der Waals surface area contributed by atoms with Gasteiger partial charge in [0.2, 0.25) is 0 Å². The highest BCUT2D eigenvalue weighted by Crippen LogP contribution is 2.46. The fraction of sp³-hybridized carbons (Fsp3) is 0.189. The molecule has 2 aliphatic rings. The Kier molecular flexibility index (Phi) is 10.7. The molecule has 2 fully saturated rings. The molecule has 0 unspecified atom stereocenters. The van der Waals surface area contributed by atoms with Gasteiger partial charge in [-0.2, -0.15) is 10.2 Å². The molecule has 4 N–H and O–H groups in total. The molecule has 15 nitrogen and oxygen atoms in total. The number of carboxylic acids is 1. The molecule has 0 aliphatic heterocycles. The van der Waals surface area contributed by atoms with E-state index in [1.807, 2.05) is 0 Å². The molecule has 290 valence electrons. The smallest absolute Gasteiger partial charge is 0.338 e. The molecule has 10 rings (SSSR count). The Labute approximate surface area is 330 Å². The Bertz CT molecular complexity index is 2650. The van der Waals surface area contributed by atoms with Gasteiger partial charge in [-0.05, 0) is 74.2 Å². The van der Waals surface area contributed by atoms with Crippen LogP contribution in [0.2, 0.25) is 0 Å². The van der Waals surface area contributed by atoms with Crippen LogP contribution in [-0.2, 0) is 11.1 Å². The van der Waals surface area contributed by atoms with Gasteiger partial charge in [0.05, 0.1) is 77.9 Å². The number of nitrogens with one attached hydrogen (secondary N) is 1. The summed E-state index contributed by atoms with van der Waals surface area (Å²) in [5.41, 5.74) is 11.8. The highest BCUT2D eigenvalue weighted by atomic mass is 32.1. The van der Waals surface area contributed by atoms with Gasteiger partial charge in [0, 0.05) is 23.2 Å². The molecule has 0 atom stereocenters. The minimum absolute atomic E-state index is 0.0822. The van der Waals surface area contributed by atoms with Gasteiger partial charge in [-0.3, -0.25) is 19.2 Å². The Balaban J connectivity index is 0.000000142. The van der Waals surface area contributed by atoms with Crippen LogP contribution in [-0.4, -0.2) is 74.1 Å². The lowest BCUT2D eigenvalue weighted by atomic mass is 10.1. The number of hydrogen-bond donors (Lipinski definition) is 3. The molecule has 6 heterocycles. The zero-order chi connectivity index (χ0) is 40.9. The molecule has 57 heavy (non-hydrogen) atoms. The predicted molar refractivity (Wildman–Crippen MR) is 205 cm³/mol. The van der Waals surface area contributed by atoms with E-state index < -0.39 is 18.7 Å². The van der Waals surface area contributed by atoms with E-state index in [4.69, 9.17) is 12.2 Å². The SMILES string of the molecule is NC1(c2nncs2)CC1.O=C(NC1(c2nncs2)CC1)c1cncc2c1cnn2-c1ccc(F)cc1.O=C(O)c1cncc2c1cnn2-c1ccc(F)cc1.[2H]CF. The summed E-state index contributed by atoms with van der Waals surface area (Å²) in [7, 11) is -1.00. The maximum absolute atomic E-state index is 13.2. The van der Waals surface area contributed by atoms with Crippen LogP contribution >= 0.6 is 22.7 Å². The first-order valence-corrected chi connectivity index (χ1v) is 18.7. The van der Waals surface area contributed by atoms with Gasteiger partial charge in [-0.1, -0.05) is 0 Å².